The largest absolute Gasteiger partial charge is 0.357 e. The first-order valence-corrected chi connectivity index (χ1v) is 10.5. The van der Waals surface area contributed by atoms with E-state index >= 15 is 0 Å². The number of rotatable bonds is 6. The van der Waals surface area contributed by atoms with E-state index in [9.17, 15) is 0 Å². The zero-order valence-electron chi connectivity index (χ0n) is 16.9. The van der Waals surface area contributed by atoms with E-state index in [4.69, 9.17) is 4.99 Å². The van der Waals surface area contributed by atoms with Crippen molar-refractivity contribution in [3.63, 3.8) is 0 Å². The van der Waals surface area contributed by atoms with Gasteiger partial charge in [-0.2, -0.15) is 0 Å². The van der Waals surface area contributed by atoms with E-state index in [0.717, 1.165) is 51.0 Å². The molecule has 0 aliphatic carbocycles. The first-order valence-electron chi connectivity index (χ1n) is 9.60. The van der Waals surface area contributed by atoms with Crippen LogP contribution >= 0.6 is 35.3 Å². The third-order valence-electron chi connectivity index (χ3n) is 4.81. The van der Waals surface area contributed by atoms with Crippen LogP contribution < -0.4 is 15.5 Å². The summed E-state index contributed by atoms with van der Waals surface area (Å²) in [6.45, 7) is 10.7. The maximum atomic E-state index is 4.81. The summed E-state index contributed by atoms with van der Waals surface area (Å²) in [5.74, 6) is 1.91. The Bertz CT molecular complexity index is 755. The van der Waals surface area contributed by atoms with Gasteiger partial charge in [-0.15, -0.1) is 35.3 Å². The Balaban J connectivity index is 0.00000280. The molecule has 8 heteroatoms. The van der Waals surface area contributed by atoms with Crippen LogP contribution in [-0.4, -0.2) is 55.6 Å². The van der Waals surface area contributed by atoms with Crippen molar-refractivity contribution in [1.82, 2.24) is 20.5 Å². The van der Waals surface area contributed by atoms with Gasteiger partial charge in [-0.1, -0.05) is 6.07 Å². The molecule has 0 spiro atoms. The van der Waals surface area contributed by atoms with Crippen molar-refractivity contribution in [2.45, 2.75) is 26.9 Å². The van der Waals surface area contributed by atoms with Gasteiger partial charge in [0, 0.05) is 49.4 Å². The number of thiophene rings is 1. The van der Waals surface area contributed by atoms with Gasteiger partial charge < -0.3 is 20.4 Å². The minimum Gasteiger partial charge on any atom is -0.357 e. The molecule has 0 saturated carbocycles. The molecule has 3 rings (SSSR count). The van der Waals surface area contributed by atoms with Crippen LogP contribution in [0.3, 0.4) is 0 Å². The number of halogens is 1. The summed E-state index contributed by atoms with van der Waals surface area (Å²) < 4.78 is 0. The lowest BCUT2D eigenvalue weighted by Gasteiger charge is -2.34. The Morgan fingerprint density at radius 1 is 1.21 bits per heavy atom. The first-order chi connectivity index (χ1) is 13.2. The van der Waals surface area contributed by atoms with Gasteiger partial charge in [0.2, 0.25) is 0 Å². The molecule has 0 aromatic carbocycles. The molecule has 154 valence electrons. The average Bonchev–Trinajstić information content (AvgIpc) is 3.10. The van der Waals surface area contributed by atoms with Crippen LogP contribution in [0.4, 0.5) is 5.82 Å². The predicted octanol–water partition coefficient (Wildman–Crippen LogP) is 3.08. The van der Waals surface area contributed by atoms with Gasteiger partial charge in [0.1, 0.15) is 5.82 Å². The summed E-state index contributed by atoms with van der Waals surface area (Å²) in [5, 5.41) is 8.92. The molecule has 1 fully saturated rings. The first kappa shape index (κ1) is 22.9. The van der Waals surface area contributed by atoms with Gasteiger partial charge in [-0.25, -0.2) is 9.98 Å². The summed E-state index contributed by atoms with van der Waals surface area (Å²) in [6, 6.07) is 6.29. The highest BCUT2D eigenvalue weighted by molar-refractivity contribution is 14.0. The zero-order chi connectivity index (χ0) is 19.1. The van der Waals surface area contributed by atoms with Crippen molar-refractivity contribution >= 4 is 47.1 Å². The lowest BCUT2D eigenvalue weighted by atomic mass is 10.2. The summed E-state index contributed by atoms with van der Waals surface area (Å²) in [4.78, 5) is 15.5. The minimum atomic E-state index is 0. The number of anilines is 1. The number of hydrogen-bond donors (Lipinski definition) is 2. The highest BCUT2D eigenvalue weighted by Gasteiger charge is 2.17. The molecular formula is C20H31IN6S. The Kier molecular flexibility index (Phi) is 9.46. The number of hydrogen-bond acceptors (Lipinski definition) is 5. The number of nitrogens with zero attached hydrogens (tertiary/aromatic N) is 4. The Morgan fingerprint density at radius 2 is 2.00 bits per heavy atom. The maximum Gasteiger partial charge on any atom is 0.191 e. The maximum absolute atomic E-state index is 4.81. The number of nitrogens with one attached hydrogen (secondary N) is 2. The molecule has 0 unspecified atom stereocenters. The number of pyridine rings is 1. The molecule has 1 saturated heterocycles. The van der Waals surface area contributed by atoms with E-state index in [0.29, 0.717) is 6.54 Å². The highest BCUT2D eigenvalue weighted by Crippen LogP contribution is 2.19. The SMILES string of the molecule is CCNC(=NCc1cccnc1N1CCN(C)CC1)NCc1sccc1C.I. The molecule has 1 aliphatic heterocycles. The van der Waals surface area contributed by atoms with Crippen LogP contribution in [0, 0.1) is 6.92 Å². The second-order valence-electron chi connectivity index (χ2n) is 6.85. The fourth-order valence-electron chi connectivity index (χ4n) is 3.11. The van der Waals surface area contributed by atoms with Crippen molar-refractivity contribution in [3.05, 3.63) is 45.8 Å². The van der Waals surface area contributed by atoms with E-state index < -0.39 is 0 Å². The molecule has 0 bridgehead atoms. The number of guanidine groups is 1. The second-order valence-corrected chi connectivity index (χ2v) is 7.85. The monoisotopic (exact) mass is 514 g/mol. The zero-order valence-corrected chi connectivity index (χ0v) is 20.1. The van der Waals surface area contributed by atoms with Gasteiger partial charge in [-0.05, 0) is 44.0 Å². The Morgan fingerprint density at radius 3 is 2.68 bits per heavy atom. The molecule has 3 heterocycles. The molecule has 1 aliphatic rings. The van der Waals surface area contributed by atoms with Gasteiger partial charge in [-0.3, -0.25) is 0 Å². The van der Waals surface area contributed by atoms with Crippen molar-refractivity contribution in [2.75, 3.05) is 44.7 Å². The van der Waals surface area contributed by atoms with Crippen LogP contribution in [-0.2, 0) is 13.1 Å². The quantitative estimate of drug-likeness (QED) is 0.353. The number of aromatic nitrogens is 1. The summed E-state index contributed by atoms with van der Waals surface area (Å²) in [6.07, 6.45) is 1.88. The predicted molar refractivity (Wildman–Crippen MR) is 130 cm³/mol. The van der Waals surface area contributed by atoms with Crippen LogP contribution in [0.25, 0.3) is 0 Å². The van der Waals surface area contributed by atoms with E-state index in [-0.39, 0.29) is 24.0 Å². The fourth-order valence-corrected chi connectivity index (χ4v) is 3.96. The molecule has 28 heavy (non-hydrogen) atoms. The summed E-state index contributed by atoms with van der Waals surface area (Å²) in [5.41, 5.74) is 2.50. The number of piperazine rings is 1. The molecule has 2 aromatic heterocycles. The van der Waals surface area contributed by atoms with Gasteiger partial charge in [0.05, 0.1) is 13.1 Å². The van der Waals surface area contributed by atoms with E-state index in [1.165, 1.54) is 16.0 Å². The van der Waals surface area contributed by atoms with Crippen molar-refractivity contribution in [3.8, 4) is 0 Å². The summed E-state index contributed by atoms with van der Waals surface area (Å²) in [7, 11) is 2.17. The lowest BCUT2D eigenvalue weighted by Crippen LogP contribution is -2.45. The lowest BCUT2D eigenvalue weighted by molar-refractivity contribution is 0.312. The van der Waals surface area contributed by atoms with Crippen LogP contribution in [0.15, 0.2) is 34.8 Å². The standard InChI is InChI=1S/C20H30N6S.HI/c1-4-21-20(24-15-18-16(2)7-13-27-18)23-14-17-6-5-8-22-19(17)26-11-9-25(3)10-12-26;/h5-8,13H,4,9-12,14-15H2,1-3H3,(H2,21,23,24);1H. The van der Waals surface area contributed by atoms with Crippen LogP contribution in [0.5, 0.6) is 0 Å². The number of aryl methyl sites for hydroxylation is 1. The van der Waals surface area contributed by atoms with Crippen molar-refractivity contribution in [1.29, 1.82) is 0 Å². The third-order valence-corrected chi connectivity index (χ3v) is 5.83. The second kappa shape index (κ2) is 11.6. The van der Waals surface area contributed by atoms with Crippen LogP contribution in [0.2, 0.25) is 0 Å². The van der Waals surface area contributed by atoms with E-state index in [2.05, 4.69) is 63.8 Å². The molecule has 0 radical (unpaired) electrons. The molecule has 6 nitrogen and oxygen atoms in total. The molecule has 2 N–H and O–H groups in total. The fraction of sp³-hybridized carbons (Fsp3) is 0.500. The number of likely N-dealkylation sites (N-methyl/N-ethyl adjacent to an activating group) is 1. The van der Waals surface area contributed by atoms with Crippen molar-refractivity contribution in [2.24, 2.45) is 4.99 Å². The van der Waals surface area contributed by atoms with E-state index in [1.54, 1.807) is 11.3 Å². The molecule has 2 aromatic rings. The van der Waals surface area contributed by atoms with Crippen LogP contribution in [0.1, 0.15) is 22.9 Å². The summed E-state index contributed by atoms with van der Waals surface area (Å²) >= 11 is 1.78. The smallest absolute Gasteiger partial charge is 0.191 e. The normalized spacial score (nSPS) is 15.2. The molecule has 0 atom stereocenters. The Hall–Kier alpha value is -1.39. The Labute approximate surface area is 189 Å². The van der Waals surface area contributed by atoms with Crippen molar-refractivity contribution < 1.29 is 0 Å². The topological polar surface area (TPSA) is 55.8 Å². The minimum absolute atomic E-state index is 0. The third kappa shape index (κ3) is 6.31. The molecule has 0 amide bonds. The average molecular weight is 514 g/mol. The highest BCUT2D eigenvalue weighted by atomic mass is 127. The van der Waals surface area contributed by atoms with Gasteiger partial charge in [0.25, 0.3) is 0 Å². The van der Waals surface area contributed by atoms with Gasteiger partial charge in [0.15, 0.2) is 5.96 Å². The molecular weight excluding hydrogens is 483 g/mol. The van der Waals surface area contributed by atoms with Gasteiger partial charge >= 0.3 is 0 Å². The van der Waals surface area contributed by atoms with E-state index in [1.807, 2.05) is 12.3 Å². The number of aliphatic imine (C=N–C) groups is 1.